The van der Waals surface area contributed by atoms with Gasteiger partial charge in [-0.15, -0.1) is 0 Å². The minimum Gasteiger partial charge on any atom is -0.497 e. The van der Waals surface area contributed by atoms with Crippen LogP contribution in [0.5, 0.6) is 11.5 Å². The maximum Gasteiger partial charge on any atom is 0.283 e. The van der Waals surface area contributed by atoms with Gasteiger partial charge in [-0.05, 0) is 73.5 Å². The number of nitrogens with one attached hydrogen (secondary N) is 2. The molecule has 3 aromatic carbocycles. The highest BCUT2D eigenvalue weighted by atomic mass is 35.5. The molecule has 0 unspecified atom stereocenters. The number of anilines is 3. The summed E-state index contributed by atoms with van der Waals surface area (Å²) in [5.41, 5.74) is 3.83. The lowest BCUT2D eigenvalue weighted by molar-refractivity contribution is -0.120. The summed E-state index contributed by atoms with van der Waals surface area (Å²) in [4.78, 5) is 39.6. The summed E-state index contributed by atoms with van der Waals surface area (Å²) in [6.07, 6.45) is 0. The Morgan fingerprint density at radius 2 is 1.50 bits per heavy atom. The summed E-state index contributed by atoms with van der Waals surface area (Å²) < 4.78 is 10.5. The number of methoxy groups -OCH3 is 2. The second kappa shape index (κ2) is 10.1. The molecule has 0 saturated heterocycles. The monoisotopic (exact) mass is 505 g/mol. The van der Waals surface area contributed by atoms with Crippen LogP contribution in [0.15, 0.2) is 71.4 Å². The Morgan fingerprint density at radius 3 is 2.11 bits per heavy atom. The van der Waals surface area contributed by atoms with Gasteiger partial charge in [0.1, 0.15) is 22.2 Å². The van der Waals surface area contributed by atoms with Gasteiger partial charge < -0.3 is 20.1 Å². The number of amides is 3. The minimum absolute atomic E-state index is 0.0843. The smallest absolute Gasteiger partial charge is 0.283 e. The van der Waals surface area contributed by atoms with Crippen molar-refractivity contribution in [2.24, 2.45) is 0 Å². The third kappa shape index (κ3) is 4.89. The molecule has 0 spiro atoms. The lowest BCUT2D eigenvalue weighted by atomic mass is 10.1. The summed E-state index contributed by atoms with van der Waals surface area (Å²) in [5.74, 6) is -0.860. The van der Waals surface area contributed by atoms with Crippen LogP contribution in [0.4, 0.5) is 17.1 Å². The molecule has 3 amide bonds. The Kier molecular flexibility index (Phi) is 6.98. The fourth-order valence-electron chi connectivity index (χ4n) is 3.90. The average Bonchev–Trinajstić information content (AvgIpc) is 3.06. The summed E-state index contributed by atoms with van der Waals surface area (Å²) in [5, 5.41) is 5.52. The fourth-order valence-corrected chi connectivity index (χ4v) is 4.11. The number of ether oxygens (including phenoxy) is 2. The van der Waals surface area contributed by atoms with Crippen LogP contribution in [-0.4, -0.2) is 31.9 Å². The van der Waals surface area contributed by atoms with Crippen LogP contribution in [-0.2, 0) is 9.59 Å². The summed E-state index contributed by atoms with van der Waals surface area (Å²) in [6, 6.07) is 17.0. The number of nitrogens with zero attached hydrogens (tertiary/aromatic N) is 1. The van der Waals surface area contributed by atoms with Crippen molar-refractivity contribution in [2.45, 2.75) is 13.8 Å². The van der Waals surface area contributed by atoms with Gasteiger partial charge in [-0.25, -0.2) is 4.90 Å². The Labute approximate surface area is 213 Å². The highest BCUT2D eigenvalue weighted by Crippen LogP contribution is 2.38. The molecule has 184 valence electrons. The van der Waals surface area contributed by atoms with Crippen LogP contribution in [0.3, 0.4) is 0 Å². The first-order chi connectivity index (χ1) is 17.2. The molecular weight excluding hydrogens is 482 g/mol. The van der Waals surface area contributed by atoms with E-state index in [0.717, 1.165) is 16.0 Å². The lowest BCUT2D eigenvalue weighted by Crippen LogP contribution is -2.32. The van der Waals surface area contributed by atoms with Gasteiger partial charge in [-0.3, -0.25) is 14.4 Å². The average molecular weight is 506 g/mol. The fraction of sp³-hybridized carbons (Fsp3) is 0.148. The van der Waals surface area contributed by atoms with E-state index < -0.39 is 11.8 Å². The van der Waals surface area contributed by atoms with Gasteiger partial charge in [0, 0.05) is 23.0 Å². The molecule has 0 saturated carbocycles. The highest BCUT2D eigenvalue weighted by Gasteiger charge is 2.40. The molecule has 0 bridgehead atoms. The highest BCUT2D eigenvalue weighted by molar-refractivity contribution is 6.53. The molecule has 36 heavy (non-hydrogen) atoms. The van der Waals surface area contributed by atoms with Gasteiger partial charge >= 0.3 is 0 Å². The van der Waals surface area contributed by atoms with E-state index in [4.69, 9.17) is 21.1 Å². The number of rotatable bonds is 7. The molecule has 3 aromatic rings. The first-order valence-corrected chi connectivity index (χ1v) is 11.4. The van der Waals surface area contributed by atoms with Crippen molar-refractivity contribution in [3.05, 3.63) is 88.1 Å². The molecule has 1 aliphatic heterocycles. The van der Waals surface area contributed by atoms with Gasteiger partial charge in [0.2, 0.25) is 0 Å². The second-order valence-electron chi connectivity index (χ2n) is 8.21. The molecule has 0 aromatic heterocycles. The number of carbonyl (C=O) groups excluding carboxylic acids is 3. The molecular formula is C27H24ClN3O5. The van der Waals surface area contributed by atoms with E-state index >= 15 is 0 Å². The maximum absolute atomic E-state index is 13.2. The van der Waals surface area contributed by atoms with Gasteiger partial charge in [-0.1, -0.05) is 17.7 Å². The van der Waals surface area contributed by atoms with Crippen LogP contribution in [0.25, 0.3) is 0 Å². The largest absolute Gasteiger partial charge is 0.497 e. The number of aryl methyl sites for hydroxylation is 2. The number of hydrogen-bond acceptors (Lipinski definition) is 6. The number of hydrogen-bond donors (Lipinski definition) is 2. The van der Waals surface area contributed by atoms with E-state index in [0.29, 0.717) is 28.4 Å². The molecule has 2 N–H and O–H groups in total. The van der Waals surface area contributed by atoms with Crippen molar-refractivity contribution in [3.63, 3.8) is 0 Å². The Balaban J connectivity index is 1.52. The van der Waals surface area contributed by atoms with E-state index in [-0.39, 0.29) is 22.3 Å². The molecule has 1 heterocycles. The minimum atomic E-state index is -0.694. The van der Waals surface area contributed by atoms with E-state index in [1.807, 2.05) is 32.0 Å². The van der Waals surface area contributed by atoms with Gasteiger partial charge in [0.15, 0.2) is 0 Å². The molecule has 0 fully saturated rings. The number of benzene rings is 3. The lowest BCUT2D eigenvalue weighted by Gasteiger charge is -2.19. The normalized spacial score (nSPS) is 13.2. The Morgan fingerprint density at radius 1 is 0.833 bits per heavy atom. The van der Waals surface area contributed by atoms with Crippen molar-refractivity contribution < 1.29 is 23.9 Å². The van der Waals surface area contributed by atoms with Crippen molar-refractivity contribution in [1.82, 2.24) is 0 Å². The summed E-state index contributed by atoms with van der Waals surface area (Å²) in [6.45, 7) is 3.92. The molecule has 0 atom stereocenters. The molecule has 4 rings (SSSR count). The van der Waals surface area contributed by atoms with Crippen LogP contribution < -0.4 is 25.0 Å². The Hall–Kier alpha value is -4.30. The Bertz CT molecular complexity index is 1380. The third-order valence-electron chi connectivity index (χ3n) is 5.55. The predicted molar refractivity (Wildman–Crippen MR) is 139 cm³/mol. The zero-order valence-electron chi connectivity index (χ0n) is 20.1. The maximum atomic E-state index is 13.2. The topological polar surface area (TPSA) is 97.0 Å². The van der Waals surface area contributed by atoms with Crippen molar-refractivity contribution in [2.75, 3.05) is 29.8 Å². The van der Waals surface area contributed by atoms with Crippen molar-refractivity contribution in [3.8, 4) is 11.5 Å². The summed E-state index contributed by atoms with van der Waals surface area (Å²) >= 11 is 6.25. The van der Waals surface area contributed by atoms with Crippen LogP contribution >= 0.6 is 11.6 Å². The van der Waals surface area contributed by atoms with Gasteiger partial charge in [-0.2, -0.15) is 0 Å². The van der Waals surface area contributed by atoms with E-state index in [1.165, 1.54) is 20.3 Å². The van der Waals surface area contributed by atoms with Gasteiger partial charge in [0.25, 0.3) is 17.7 Å². The quantitative estimate of drug-likeness (QED) is 0.438. The van der Waals surface area contributed by atoms with Gasteiger partial charge in [0.05, 0.1) is 19.9 Å². The number of halogens is 1. The van der Waals surface area contributed by atoms with Crippen LogP contribution in [0.2, 0.25) is 0 Å². The van der Waals surface area contributed by atoms with E-state index in [1.54, 1.807) is 36.4 Å². The number of carbonyl (C=O) groups is 3. The zero-order valence-corrected chi connectivity index (χ0v) is 20.9. The molecule has 8 nitrogen and oxygen atoms in total. The molecule has 0 radical (unpaired) electrons. The molecule has 9 heteroatoms. The van der Waals surface area contributed by atoms with Crippen molar-refractivity contribution >= 4 is 46.4 Å². The first kappa shape index (κ1) is 24.8. The van der Waals surface area contributed by atoms with Crippen molar-refractivity contribution in [1.29, 1.82) is 0 Å². The third-order valence-corrected chi connectivity index (χ3v) is 5.90. The first-order valence-electron chi connectivity index (χ1n) is 11.0. The van der Waals surface area contributed by atoms with Crippen LogP contribution in [0, 0.1) is 13.8 Å². The van der Waals surface area contributed by atoms with E-state index in [9.17, 15) is 14.4 Å². The standard InChI is InChI=1S/C27H24ClN3O5/c1-15-11-16(2)13-19(12-15)30-25(32)17-5-7-18(8-6-17)29-24-23(28)26(33)31(27(24)34)21-14-20(35-3)9-10-22(21)36-4/h5-14,29H,1-4H3,(H,30,32). The second-order valence-corrected chi connectivity index (χ2v) is 8.58. The summed E-state index contributed by atoms with van der Waals surface area (Å²) in [7, 11) is 2.91. The number of imide groups is 1. The molecule has 1 aliphatic rings. The zero-order chi connectivity index (χ0) is 26.0. The van der Waals surface area contributed by atoms with E-state index in [2.05, 4.69) is 10.6 Å². The molecule has 0 aliphatic carbocycles. The van der Waals surface area contributed by atoms with Crippen LogP contribution in [0.1, 0.15) is 21.5 Å². The SMILES string of the molecule is COc1ccc(OC)c(N2C(=O)C(Cl)=C(Nc3ccc(C(=O)Nc4cc(C)cc(C)c4)cc3)C2=O)c1. The predicted octanol–water partition coefficient (Wildman–Crippen LogP) is 5.01.